The summed E-state index contributed by atoms with van der Waals surface area (Å²) in [5.74, 6) is -11.9. The van der Waals surface area contributed by atoms with Crippen molar-refractivity contribution < 1.29 is 125 Å². The number of carbonyl (C=O) groups is 12. The van der Waals surface area contributed by atoms with Crippen LogP contribution in [-0.2, 0) is 90.7 Å². The Kier molecular flexibility index (Phi) is 23.1. The molecule has 0 spiro atoms. The first-order valence-corrected chi connectivity index (χ1v) is 33.1. The molecule has 42 nitrogen and oxygen atoms in total. The number of thioether (sulfide) groups is 2. The maximum Gasteiger partial charge on any atom is 0.352 e. The molecule has 14 N–H and O–H groups in total. The molecule has 10 rings (SSSR count). The molecule has 532 valence electrons. The van der Waals surface area contributed by atoms with Crippen molar-refractivity contribution >= 4 is 173 Å². The number of carboxylic acid groups (broad SMARTS) is 4. The number of hydrogen-bond donors (Lipinski definition) is 12. The van der Waals surface area contributed by atoms with Crippen molar-refractivity contribution in [1.82, 2.24) is 39.1 Å². The van der Waals surface area contributed by atoms with Gasteiger partial charge in [-0.15, -0.1) is 23.5 Å². The van der Waals surface area contributed by atoms with E-state index in [9.17, 15) is 88.2 Å². The van der Waals surface area contributed by atoms with Crippen molar-refractivity contribution in [3.63, 3.8) is 0 Å². The first-order valence-electron chi connectivity index (χ1n) is 28.2. The van der Waals surface area contributed by atoms with Crippen molar-refractivity contribution in [3.05, 3.63) is 107 Å². The maximum absolute atomic E-state index is 13.3. The predicted molar refractivity (Wildman–Crippen MR) is 343 cm³/mol. The van der Waals surface area contributed by atoms with Crippen LogP contribution in [0.5, 0.6) is 0 Å². The molecule has 2 fully saturated rings. The zero-order chi connectivity index (χ0) is 74.3. The Bertz CT molecular complexity index is 4270. The van der Waals surface area contributed by atoms with Gasteiger partial charge in [0.05, 0.1) is 0 Å². The van der Waals surface area contributed by atoms with Crippen LogP contribution in [0.1, 0.15) is 39.3 Å². The topological polar surface area (TPSA) is 640 Å². The second-order valence-corrected chi connectivity index (χ2v) is 26.6. The minimum Gasteiger partial charge on any atom is -0.759 e. The number of carboxylic acids is 4. The number of aliphatic carboxylic acids is 4. The van der Waals surface area contributed by atoms with Gasteiger partial charge in [-0.1, -0.05) is 10.3 Å². The van der Waals surface area contributed by atoms with Crippen LogP contribution in [0.15, 0.2) is 115 Å². The van der Waals surface area contributed by atoms with Gasteiger partial charge in [0, 0.05) is 92.8 Å². The van der Waals surface area contributed by atoms with E-state index in [1.54, 1.807) is 45.8 Å². The summed E-state index contributed by atoms with van der Waals surface area (Å²) in [6.45, 7) is 4.83. The quantitative estimate of drug-likeness (QED) is 0.00877. The molecule has 0 aromatic carbocycles. The number of oxime groups is 2. The van der Waals surface area contributed by atoms with E-state index in [1.807, 2.05) is 0 Å². The Hall–Kier alpha value is -11.2. The number of carbonyl (C=O) groups excluding carboxylic acids is 8. The van der Waals surface area contributed by atoms with Crippen LogP contribution in [0.3, 0.4) is 0 Å². The van der Waals surface area contributed by atoms with Gasteiger partial charge in [0.25, 0.3) is 35.4 Å². The summed E-state index contributed by atoms with van der Waals surface area (Å²) in [6, 6.07) is 3.95. The molecular weight excluding hydrogens is 1450 g/mol. The highest BCUT2D eigenvalue weighted by atomic mass is 32.3. The van der Waals surface area contributed by atoms with E-state index in [4.69, 9.17) is 38.7 Å². The first kappa shape index (κ1) is 75.6. The van der Waals surface area contributed by atoms with Gasteiger partial charge in [0.2, 0.25) is 34.3 Å². The van der Waals surface area contributed by atoms with Gasteiger partial charge in [-0.25, -0.2) is 19.2 Å². The highest BCUT2D eigenvalue weighted by Gasteiger charge is 2.56. The van der Waals surface area contributed by atoms with Crippen molar-refractivity contribution in [1.29, 1.82) is 0 Å². The third-order valence-corrected chi connectivity index (χ3v) is 17.6. The summed E-state index contributed by atoms with van der Waals surface area (Å²) < 4.78 is 45.1. The number of β-lactam (4-membered cyclic amide) rings is 2. The van der Waals surface area contributed by atoms with Crippen molar-refractivity contribution in [3.8, 4) is 0 Å². The fourth-order valence-electron chi connectivity index (χ4n) is 8.89. The Morgan fingerprint density at radius 1 is 0.644 bits per heavy atom. The number of aliphatic hydroxyl groups is 2. The molecule has 4 aromatic heterocycles. The van der Waals surface area contributed by atoms with Crippen LogP contribution < -0.4 is 41.9 Å². The van der Waals surface area contributed by atoms with Crippen LogP contribution >= 0.6 is 46.6 Å². The van der Waals surface area contributed by atoms with Crippen LogP contribution in [0.4, 0.5) is 21.6 Å². The molecule has 6 aliphatic rings. The van der Waals surface area contributed by atoms with Crippen molar-refractivity contribution in [2.45, 2.75) is 87.0 Å². The van der Waals surface area contributed by atoms with Gasteiger partial charge in [-0.3, -0.25) is 66.6 Å². The number of nitrogens with zero attached hydrogens (tertiary/aromatic N) is 12. The standard InChI is InChI=1S/2C27H25N9O10S2.H2O4S/c2*1-27(2,25(44)45)46-33-16(19-32-26(28)48-34-19)21(40)31-17-22(41)36-18(24(42)43)11(10-47-23(17)36)8-35-5-3-4-12(9-35)30-20(39)13-6-14(37)15(38)7-29-13;1-5(2,3)4/h2*3-7,9,15,17,23,38H,8,10H2,1-2H3,(H5-,28,30,31,32,34,39,40,42,43,44,45);(H2,1,2,3,4)/t2*15?,17-,23+;/m11./s1. The van der Waals surface area contributed by atoms with Gasteiger partial charge >= 0.3 is 23.9 Å². The molecule has 0 saturated carbocycles. The number of hydrogen-bond acceptors (Lipinski definition) is 34. The second-order valence-electron chi connectivity index (χ2n) is 22.0. The average Bonchev–Trinajstić information content (AvgIpc) is 0.884. The number of aliphatic hydroxyl groups excluding tert-OH is 2. The number of pyridine rings is 2. The highest BCUT2D eigenvalue weighted by Crippen LogP contribution is 2.42. The summed E-state index contributed by atoms with van der Waals surface area (Å²) in [5, 5.41) is 73.5. The van der Waals surface area contributed by atoms with E-state index in [2.05, 4.69) is 60.3 Å². The zero-order valence-electron chi connectivity index (χ0n) is 51.8. The number of anilines is 4. The van der Waals surface area contributed by atoms with Crippen molar-refractivity contribution in [2.75, 3.05) is 33.6 Å². The van der Waals surface area contributed by atoms with E-state index >= 15 is 0 Å². The number of fused-ring (bicyclic) bond motifs is 2. The number of ketones is 2. The Morgan fingerprint density at radius 3 is 1.31 bits per heavy atom. The molecule has 6 atom stereocenters. The summed E-state index contributed by atoms with van der Waals surface area (Å²) >= 11 is 3.88. The largest absolute Gasteiger partial charge is 0.759 e. The van der Waals surface area contributed by atoms with E-state index < -0.39 is 139 Å². The van der Waals surface area contributed by atoms with Gasteiger partial charge in [0.15, 0.2) is 71.9 Å². The Labute approximate surface area is 581 Å². The lowest BCUT2D eigenvalue weighted by Gasteiger charge is -2.49. The molecule has 4 aromatic rings. The second kappa shape index (κ2) is 30.9. The number of aliphatic imine (C=N–C) groups is 2. The molecule has 6 aliphatic heterocycles. The third-order valence-electron chi connectivity index (χ3n) is 13.9. The van der Waals surface area contributed by atoms with Gasteiger partial charge in [-0.2, -0.15) is 27.8 Å². The molecule has 10 heterocycles. The van der Waals surface area contributed by atoms with Crippen LogP contribution in [0, 0.1) is 0 Å². The maximum atomic E-state index is 13.3. The number of nitrogen functional groups attached to an aromatic ring is 2. The van der Waals surface area contributed by atoms with Crippen LogP contribution in [0.25, 0.3) is 0 Å². The Morgan fingerprint density at radius 2 is 1.00 bits per heavy atom. The smallest absolute Gasteiger partial charge is 0.352 e. The summed E-state index contributed by atoms with van der Waals surface area (Å²) in [4.78, 5) is 177. The third kappa shape index (κ3) is 18.4. The number of nitrogens with two attached hydrogens (primary N) is 2. The lowest BCUT2D eigenvalue weighted by atomic mass is 10.0. The zero-order valence-corrected chi connectivity index (χ0v) is 55.9. The SMILES string of the molecule is CC(C)(ON=C(C(=O)N[C@@H]1C(=O)N2C(C(=O)O)=C(C[n+]3cccc(NC(=O)C4=CC(=O)C(O)C=N4)c3)CS[C@@H]12)c1nsc(N)n1)C(=O)O.CC(C)(ON=C(C(=O)N[C@@H]1C(=O)N2C(C(=O)O)=C(C[n+]3cccc(NC(=O)C4=CC(=O)C(O)C=N4)c3)CS[C@@H]12)c1nsc(N)n1)C(=O)O.O=S(=O)([O-])[O-]. The lowest BCUT2D eigenvalue weighted by Crippen LogP contribution is -2.71. The summed E-state index contributed by atoms with van der Waals surface area (Å²) in [6.07, 6.45) is 7.16. The lowest BCUT2D eigenvalue weighted by molar-refractivity contribution is -0.688. The first-order chi connectivity index (χ1) is 47.3. The number of nitrogens with one attached hydrogen (secondary N) is 4. The molecule has 0 radical (unpaired) electrons. The van der Waals surface area contributed by atoms with Gasteiger partial charge in [0.1, 0.15) is 57.0 Å². The van der Waals surface area contributed by atoms with E-state index in [-0.39, 0.29) is 69.3 Å². The summed E-state index contributed by atoms with van der Waals surface area (Å²) in [7, 11) is -5.17. The predicted octanol–water partition coefficient (Wildman–Crippen LogP) is -4.80. The normalized spacial score (nSPS) is 20.4. The number of aromatic nitrogens is 6. The fraction of sp³-hybridized carbons (Fsp3) is 0.296. The monoisotopic (exact) mass is 1500 g/mol. The van der Waals surface area contributed by atoms with Gasteiger partial charge < -0.3 is 82.2 Å². The molecule has 101 heavy (non-hydrogen) atoms. The molecule has 0 bridgehead atoms. The van der Waals surface area contributed by atoms with Gasteiger partial charge in [-0.05, 0) is 39.8 Å². The van der Waals surface area contributed by atoms with Crippen molar-refractivity contribution in [2.24, 2.45) is 20.3 Å². The van der Waals surface area contributed by atoms with E-state index in [1.165, 1.54) is 63.6 Å². The fourth-order valence-corrected chi connectivity index (χ4v) is 12.4. The number of rotatable bonds is 22. The highest BCUT2D eigenvalue weighted by molar-refractivity contribution is 8.00. The molecule has 2 unspecified atom stereocenters. The van der Waals surface area contributed by atoms with E-state index in [0.717, 1.165) is 57.4 Å². The average molecular weight is 1500 g/mol. The minimum absolute atomic E-state index is 0.0146. The minimum atomic E-state index is -5.17. The van der Waals surface area contributed by atoms with Crippen LogP contribution in [-0.4, -0.2) is 229 Å². The molecule has 2 saturated heterocycles. The summed E-state index contributed by atoms with van der Waals surface area (Å²) in [5.41, 5.74) is 6.87. The molecule has 47 heteroatoms. The molecule has 0 aliphatic carbocycles. The van der Waals surface area contributed by atoms with E-state index in [0.29, 0.717) is 22.5 Å². The molecular formula is C54H52N18O24S5. The van der Waals surface area contributed by atoms with Crippen LogP contribution in [0.2, 0.25) is 0 Å². The Balaban J connectivity index is 0.000000240. The molecule has 6 amide bonds. The number of amides is 6.